The number of fused-ring (bicyclic) bond motifs is 1. The van der Waals surface area contributed by atoms with Crippen LogP contribution < -0.4 is 5.32 Å². The standard InChI is InChI=1S/C24H36N4O/c1-2-3-4-5-6-7-8-9-10-11-12-13-14-15-16-17-24(29)25-21-18-19-22-23(20-21)27-28-26-22/h6-7,9-10,18-20H,2-5,8,11-17H2,1H3,(H,25,29)(H,26,27,28)/b7-6+,10-9+. The van der Waals surface area contributed by atoms with Gasteiger partial charge in [0.1, 0.15) is 11.0 Å². The number of H-pyrrole nitrogens is 1. The van der Waals surface area contributed by atoms with Crippen LogP contribution in [0.1, 0.15) is 84.0 Å². The van der Waals surface area contributed by atoms with Crippen LogP contribution in [0.4, 0.5) is 5.69 Å². The first-order valence-electron chi connectivity index (χ1n) is 11.2. The quantitative estimate of drug-likeness (QED) is 0.259. The van der Waals surface area contributed by atoms with Gasteiger partial charge in [0.25, 0.3) is 0 Å². The molecule has 0 saturated heterocycles. The summed E-state index contributed by atoms with van der Waals surface area (Å²) in [4.78, 5) is 12.1. The molecule has 0 aliphatic rings. The molecule has 2 rings (SSSR count). The van der Waals surface area contributed by atoms with Gasteiger partial charge in [-0.05, 0) is 56.7 Å². The number of nitrogens with zero attached hydrogens (tertiary/aromatic N) is 2. The van der Waals surface area contributed by atoms with Crippen LogP contribution in [0.2, 0.25) is 0 Å². The average molecular weight is 397 g/mol. The fourth-order valence-electron chi connectivity index (χ4n) is 3.24. The fourth-order valence-corrected chi connectivity index (χ4v) is 3.24. The Labute approximate surface area is 175 Å². The van der Waals surface area contributed by atoms with E-state index in [2.05, 4.69) is 52.0 Å². The summed E-state index contributed by atoms with van der Waals surface area (Å²) in [5.41, 5.74) is 2.34. The molecule has 0 unspecified atom stereocenters. The van der Waals surface area contributed by atoms with Crippen LogP contribution in [-0.4, -0.2) is 21.3 Å². The monoisotopic (exact) mass is 396 g/mol. The van der Waals surface area contributed by atoms with Crippen molar-refractivity contribution in [3.63, 3.8) is 0 Å². The number of hydrogen-bond donors (Lipinski definition) is 2. The normalized spacial score (nSPS) is 11.8. The molecule has 0 aliphatic carbocycles. The van der Waals surface area contributed by atoms with Crippen LogP contribution in [0.3, 0.4) is 0 Å². The van der Waals surface area contributed by atoms with Gasteiger partial charge in [-0.1, -0.05) is 63.3 Å². The molecule has 1 aromatic carbocycles. The summed E-state index contributed by atoms with van der Waals surface area (Å²) in [6.45, 7) is 2.24. The minimum Gasteiger partial charge on any atom is -0.326 e. The van der Waals surface area contributed by atoms with Gasteiger partial charge in [0.05, 0.1) is 0 Å². The van der Waals surface area contributed by atoms with Crippen molar-refractivity contribution in [2.24, 2.45) is 0 Å². The van der Waals surface area contributed by atoms with Gasteiger partial charge in [0.15, 0.2) is 0 Å². The zero-order valence-corrected chi connectivity index (χ0v) is 17.8. The van der Waals surface area contributed by atoms with E-state index in [0.29, 0.717) is 6.42 Å². The predicted molar refractivity (Wildman–Crippen MR) is 122 cm³/mol. The highest BCUT2D eigenvalue weighted by Gasteiger charge is 2.04. The zero-order chi connectivity index (χ0) is 20.6. The van der Waals surface area contributed by atoms with E-state index < -0.39 is 0 Å². The first kappa shape index (κ1) is 22.9. The van der Waals surface area contributed by atoms with E-state index in [1.807, 2.05) is 18.2 Å². The van der Waals surface area contributed by atoms with Crippen LogP contribution in [0, 0.1) is 0 Å². The number of benzene rings is 1. The van der Waals surface area contributed by atoms with Crippen LogP contribution in [-0.2, 0) is 4.79 Å². The Hall–Kier alpha value is -2.43. The summed E-state index contributed by atoms with van der Waals surface area (Å²) in [6, 6.07) is 5.55. The van der Waals surface area contributed by atoms with Crippen LogP contribution in [0.5, 0.6) is 0 Å². The van der Waals surface area contributed by atoms with E-state index >= 15 is 0 Å². The van der Waals surface area contributed by atoms with E-state index in [0.717, 1.165) is 42.4 Å². The van der Waals surface area contributed by atoms with Gasteiger partial charge >= 0.3 is 0 Å². The molecule has 5 heteroatoms. The second-order valence-electron chi connectivity index (χ2n) is 7.56. The lowest BCUT2D eigenvalue weighted by Gasteiger charge is -2.05. The maximum atomic E-state index is 12.1. The lowest BCUT2D eigenvalue weighted by Crippen LogP contribution is -2.10. The lowest BCUT2D eigenvalue weighted by atomic mass is 10.1. The molecule has 0 spiro atoms. The average Bonchev–Trinajstić information content (AvgIpc) is 3.19. The third kappa shape index (κ3) is 10.1. The minimum atomic E-state index is 0.0681. The smallest absolute Gasteiger partial charge is 0.224 e. The highest BCUT2D eigenvalue weighted by atomic mass is 16.1. The molecule has 0 radical (unpaired) electrons. The number of aromatic nitrogens is 3. The summed E-state index contributed by atoms with van der Waals surface area (Å²) < 4.78 is 0. The number of carbonyl (C=O) groups is 1. The number of anilines is 1. The number of amides is 1. The van der Waals surface area contributed by atoms with Crippen molar-refractivity contribution >= 4 is 22.6 Å². The Morgan fingerprint density at radius 1 is 0.897 bits per heavy atom. The van der Waals surface area contributed by atoms with Crippen molar-refractivity contribution in [1.82, 2.24) is 15.4 Å². The summed E-state index contributed by atoms with van der Waals surface area (Å²) >= 11 is 0. The molecule has 0 bridgehead atoms. The highest BCUT2D eigenvalue weighted by molar-refractivity contribution is 5.92. The number of aromatic amines is 1. The number of unbranched alkanes of at least 4 members (excludes halogenated alkanes) is 8. The summed E-state index contributed by atoms with van der Waals surface area (Å²) in [5, 5.41) is 13.6. The molecule has 0 saturated carbocycles. The van der Waals surface area contributed by atoms with Crippen molar-refractivity contribution < 1.29 is 4.79 Å². The number of carbonyl (C=O) groups excluding carboxylic acids is 1. The molecular weight excluding hydrogens is 360 g/mol. The van der Waals surface area contributed by atoms with Crippen LogP contribution >= 0.6 is 0 Å². The van der Waals surface area contributed by atoms with Gasteiger partial charge in [-0.3, -0.25) is 4.79 Å². The summed E-state index contributed by atoms with van der Waals surface area (Å²) in [6.07, 6.45) is 22.8. The molecular formula is C24H36N4O. The van der Waals surface area contributed by atoms with Crippen molar-refractivity contribution in [2.75, 3.05) is 5.32 Å². The second kappa shape index (κ2) is 14.6. The SMILES string of the molecule is CCCCC/C=C/C/C=C/CCCCCCCC(=O)Nc1ccc2n[nH]nc2c1. The molecule has 0 aliphatic heterocycles. The number of allylic oxidation sites excluding steroid dienone is 4. The lowest BCUT2D eigenvalue weighted by molar-refractivity contribution is -0.116. The molecule has 0 atom stereocenters. The van der Waals surface area contributed by atoms with E-state index in [1.165, 1.54) is 44.9 Å². The molecule has 1 aromatic heterocycles. The molecule has 5 nitrogen and oxygen atoms in total. The molecule has 1 heterocycles. The Morgan fingerprint density at radius 3 is 2.38 bits per heavy atom. The Bertz CT molecular complexity index is 763. The van der Waals surface area contributed by atoms with Gasteiger partial charge in [-0.2, -0.15) is 15.4 Å². The van der Waals surface area contributed by atoms with Crippen molar-refractivity contribution in [3.05, 3.63) is 42.5 Å². The minimum absolute atomic E-state index is 0.0681. The molecule has 29 heavy (non-hydrogen) atoms. The first-order chi connectivity index (χ1) is 14.3. The fraction of sp³-hybridized carbons (Fsp3) is 0.542. The third-order valence-corrected chi connectivity index (χ3v) is 4.95. The van der Waals surface area contributed by atoms with Gasteiger partial charge in [-0.25, -0.2) is 0 Å². The van der Waals surface area contributed by atoms with E-state index in [1.54, 1.807) is 0 Å². The number of rotatable bonds is 15. The number of hydrogen-bond acceptors (Lipinski definition) is 3. The molecule has 1 amide bonds. The Morgan fingerprint density at radius 2 is 1.59 bits per heavy atom. The van der Waals surface area contributed by atoms with Crippen LogP contribution in [0.15, 0.2) is 42.5 Å². The van der Waals surface area contributed by atoms with Crippen molar-refractivity contribution in [2.45, 2.75) is 84.0 Å². The van der Waals surface area contributed by atoms with Gasteiger partial charge in [0, 0.05) is 12.1 Å². The van der Waals surface area contributed by atoms with Crippen molar-refractivity contribution in [1.29, 1.82) is 0 Å². The molecule has 0 fully saturated rings. The summed E-state index contributed by atoms with van der Waals surface area (Å²) in [7, 11) is 0. The van der Waals surface area contributed by atoms with E-state index in [4.69, 9.17) is 0 Å². The molecule has 158 valence electrons. The van der Waals surface area contributed by atoms with E-state index in [-0.39, 0.29) is 5.91 Å². The van der Waals surface area contributed by atoms with Crippen LogP contribution in [0.25, 0.3) is 11.0 Å². The Balaban J connectivity index is 1.42. The maximum absolute atomic E-state index is 12.1. The van der Waals surface area contributed by atoms with Gasteiger partial charge in [-0.15, -0.1) is 0 Å². The third-order valence-electron chi connectivity index (χ3n) is 4.95. The molecule has 2 aromatic rings. The van der Waals surface area contributed by atoms with Gasteiger partial charge < -0.3 is 5.32 Å². The first-order valence-corrected chi connectivity index (χ1v) is 11.2. The van der Waals surface area contributed by atoms with Crippen molar-refractivity contribution in [3.8, 4) is 0 Å². The maximum Gasteiger partial charge on any atom is 0.224 e. The second-order valence-corrected chi connectivity index (χ2v) is 7.56. The topological polar surface area (TPSA) is 70.7 Å². The Kier molecular flexibility index (Phi) is 11.5. The van der Waals surface area contributed by atoms with E-state index in [9.17, 15) is 4.79 Å². The molecule has 2 N–H and O–H groups in total. The van der Waals surface area contributed by atoms with Gasteiger partial charge in [0.2, 0.25) is 5.91 Å². The zero-order valence-electron chi connectivity index (χ0n) is 17.8. The largest absolute Gasteiger partial charge is 0.326 e. The number of nitrogens with one attached hydrogen (secondary N) is 2. The summed E-state index contributed by atoms with van der Waals surface area (Å²) in [5.74, 6) is 0.0681. The predicted octanol–water partition coefficient (Wildman–Crippen LogP) is 6.71. The highest BCUT2D eigenvalue weighted by Crippen LogP contribution is 2.15.